The lowest BCUT2D eigenvalue weighted by Crippen LogP contribution is -2.46. The first-order chi connectivity index (χ1) is 12.6. The van der Waals surface area contributed by atoms with Crippen LogP contribution in [0.5, 0.6) is 11.5 Å². The third-order valence-corrected chi connectivity index (χ3v) is 4.61. The highest BCUT2D eigenvalue weighted by Gasteiger charge is 2.28. The van der Waals surface area contributed by atoms with E-state index in [1.54, 1.807) is 10.4 Å². The third kappa shape index (κ3) is 3.92. The Balaban J connectivity index is 1.91. The lowest BCUT2D eigenvalue weighted by Gasteiger charge is -2.27. The van der Waals surface area contributed by atoms with Crippen LogP contribution in [0.4, 0.5) is 5.69 Å². The molecule has 26 heavy (non-hydrogen) atoms. The molecule has 3 rings (SSSR count). The van der Waals surface area contributed by atoms with Crippen molar-refractivity contribution >= 4 is 22.9 Å². The number of piperazine rings is 1. The van der Waals surface area contributed by atoms with Crippen LogP contribution in [-0.2, 0) is 6.61 Å². The molecular formula is C16H18N4O5S. The molecular weight excluding hydrogens is 360 g/mol. The largest absolute Gasteiger partial charge is 0.493 e. The van der Waals surface area contributed by atoms with Crippen LogP contribution in [0.1, 0.15) is 16.1 Å². The Bertz CT molecular complexity index is 790. The van der Waals surface area contributed by atoms with Gasteiger partial charge in [-0.3, -0.25) is 14.9 Å². The predicted octanol–water partition coefficient (Wildman–Crippen LogP) is 1.68. The fourth-order valence-corrected chi connectivity index (χ4v) is 3.19. The first-order valence-electron chi connectivity index (χ1n) is 7.96. The van der Waals surface area contributed by atoms with Gasteiger partial charge in [-0.15, -0.1) is 11.3 Å². The summed E-state index contributed by atoms with van der Waals surface area (Å²) in [6, 6.07) is 2.61. The number of nitro groups is 1. The van der Waals surface area contributed by atoms with E-state index in [1.165, 1.54) is 30.6 Å². The minimum Gasteiger partial charge on any atom is -0.493 e. The van der Waals surface area contributed by atoms with Crippen molar-refractivity contribution in [2.45, 2.75) is 6.61 Å². The van der Waals surface area contributed by atoms with Crippen LogP contribution in [-0.4, -0.2) is 54.0 Å². The van der Waals surface area contributed by atoms with Crippen molar-refractivity contribution < 1.29 is 19.2 Å². The van der Waals surface area contributed by atoms with E-state index in [4.69, 9.17) is 9.47 Å². The summed E-state index contributed by atoms with van der Waals surface area (Å²) in [5, 5.41) is 16.5. The number of thiazole rings is 1. The first-order valence-corrected chi connectivity index (χ1v) is 8.90. The molecule has 138 valence electrons. The molecule has 1 amide bonds. The fourth-order valence-electron chi connectivity index (χ4n) is 2.64. The number of hydrogen-bond donors (Lipinski definition) is 1. The number of nitrogens with one attached hydrogen (secondary N) is 1. The highest BCUT2D eigenvalue weighted by Crippen LogP contribution is 2.36. The Morgan fingerprint density at radius 3 is 2.77 bits per heavy atom. The molecule has 0 bridgehead atoms. The number of carbonyl (C=O) groups excluding carboxylic acids is 1. The van der Waals surface area contributed by atoms with Gasteiger partial charge < -0.3 is 19.7 Å². The molecule has 1 fully saturated rings. The number of ether oxygens (including phenoxy) is 2. The van der Waals surface area contributed by atoms with E-state index in [9.17, 15) is 14.9 Å². The van der Waals surface area contributed by atoms with Gasteiger partial charge in [0.1, 0.15) is 12.2 Å². The quantitative estimate of drug-likeness (QED) is 0.602. The number of rotatable bonds is 6. The van der Waals surface area contributed by atoms with Gasteiger partial charge in [-0.1, -0.05) is 0 Å². The van der Waals surface area contributed by atoms with E-state index in [2.05, 4.69) is 10.3 Å². The minimum atomic E-state index is -0.579. The van der Waals surface area contributed by atoms with Crippen LogP contribution in [0, 0.1) is 10.1 Å². The second kappa shape index (κ2) is 8.11. The molecule has 0 unspecified atom stereocenters. The number of carbonyl (C=O) groups is 1. The van der Waals surface area contributed by atoms with Crippen LogP contribution in [0.15, 0.2) is 23.0 Å². The molecule has 0 aliphatic carbocycles. The maximum atomic E-state index is 12.7. The summed E-state index contributed by atoms with van der Waals surface area (Å²) in [6.45, 7) is 2.47. The molecule has 2 aromatic rings. The van der Waals surface area contributed by atoms with E-state index in [0.29, 0.717) is 31.9 Å². The molecule has 1 N–H and O–H groups in total. The first kappa shape index (κ1) is 18.1. The zero-order valence-electron chi connectivity index (χ0n) is 14.1. The van der Waals surface area contributed by atoms with Gasteiger partial charge in [0.05, 0.1) is 29.3 Å². The van der Waals surface area contributed by atoms with Crippen molar-refractivity contribution in [3.8, 4) is 11.5 Å². The second-order valence-corrected chi connectivity index (χ2v) is 6.31. The zero-order chi connectivity index (χ0) is 18.5. The topological polar surface area (TPSA) is 107 Å². The monoisotopic (exact) mass is 378 g/mol. The molecule has 10 heteroatoms. The highest BCUT2D eigenvalue weighted by molar-refractivity contribution is 7.07. The van der Waals surface area contributed by atoms with Gasteiger partial charge in [0.25, 0.3) is 11.6 Å². The smallest absolute Gasteiger partial charge is 0.286 e. The van der Waals surface area contributed by atoms with Crippen molar-refractivity contribution in [2.24, 2.45) is 0 Å². The summed E-state index contributed by atoms with van der Waals surface area (Å²) in [6.07, 6.45) is 0. The molecule has 0 atom stereocenters. The number of nitrogens with zero attached hydrogens (tertiary/aromatic N) is 3. The summed E-state index contributed by atoms with van der Waals surface area (Å²) in [5.74, 6) is 0.0796. The zero-order valence-corrected chi connectivity index (χ0v) is 15.0. The Morgan fingerprint density at radius 1 is 1.38 bits per heavy atom. The Labute approximate surface area is 153 Å². The lowest BCUT2D eigenvalue weighted by molar-refractivity contribution is -0.385. The molecule has 1 aromatic heterocycles. The number of nitro benzene ring substituents is 1. The molecule has 2 heterocycles. The van der Waals surface area contributed by atoms with E-state index >= 15 is 0 Å². The highest BCUT2D eigenvalue weighted by atomic mass is 32.1. The standard InChI is InChI=1S/C16H18N4O5S/c1-24-14-6-12(16(21)19-4-2-17-3-5-19)13(20(22)23)7-15(14)25-8-11-9-26-10-18-11/h6-7,9-10,17H,2-5,8H2,1H3. The van der Waals surface area contributed by atoms with Gasteiger partial charge in [0.15, 0.2) is 11.5 Å². The number of methoxy groups -OCH3 is 1. The molecule has 0 radical (unpaired) electrons. The van der Waals surface area contributed by atoms with Gasteiger partial charge >= 0.3 is 0 Å². The van der Waals surface area contributed by atoms with Crippen molar-refractivity contribution in [3.05, 3.63) is 44.4 Å². The SMILES string of the molecule is COc1cc(C(=O)N2CCNCC2)c([N+](=O)[O-])cc1OCc1cscn1. The average molecular weight is 378 g/mol. The minimum absolute atomic E-state index is 0.00485. The lowest BCUT2D eigenvalue weighted by atomic mass is 10.1. The number of aromatic nitrogens is 1. The summed E-state index contributed by atoms with van der Waals surface area (Å²) >= 11 is 1.43. The Morgan fingerprint density at radius 2 is 2.15 bits per heavy atom. The van der Waals surface area contributed by atoms with Gasteiger partial charge in [-0.05, 0) is 0 Å². The van der Waals surface area contributed by atoms with Gasteiger partial charge in [-0.2, -0.15) is 0 Å². The molecule has 1 saturated heterocycles. The van der Waals surface area contributed by atoms with Crippen LogP contribution in [0.25, 0.3) is 0 Å². The van der Waals surface area contributed by atoms with Crippen molar-refractivity contribution in [1.29, 1.82) is 0 Å². The van der Waals surface area contributed by atoms with Crippen molar-refractivity contribution in [3.63, 3.8) is 0 Å². The van der Waals surface area contributed by atoms with Crippen LogP contribution in [0.3, 0.4) is 0 Å². The summed E-state index contributed by atoms with van der Waals surface area (Å²) in [4.78, 5) is 29.4. The normalized spacial score (nSPS) is 14.1. The summed E-state index contributed by atoms with van der Waals surface area (Å²) in [7, 11) is 1.43. The van der Waals surface area contributed by atoms with Crippen LogP contribution >= 0.6 is 11.3 Å². The molecule has 1 aliphatic heterocycles. The number of amides is 1. The molecule has 0 spiro atoms. The number of benzene rings is 1. The molecule has 1 aromatic carbocycles. The van der Waals surface area contributed by atoms with E-state index < -0.39 is 4.92 Å². The summed E-state index contributed by atoms with van der Waals surface area (Å²) in [5.41, 5.74) is 2.08. The molecule has 1 aliphatic rings. The fraction of sp³-hybridized carbons (Fsp3) is 0.375. The Kier molecular flexibility index (Phi) is 5.64. The molecule has 9 nitrogen and oxygen atoms in total. The Hall–Kier alpha value is -2.72. The van der Waals surface area contributed by atoms with E-state index in [1.807, 2.05) is 5.38 Å². The van der Waals surface area contributed by atoms with Gasteiger partial charge in [-0.25, -0.2) is 4.98 Å². The average Bonchev–Trinajstić information content (AvgIpc) is 3.19. The van der Waals surface area contributed by atoms with Crippen LogP contribution < -0.4 is 14.8 Å². The van der Waals surface area contributed by atoms with Crippen molar-refractivity contribution in [2.75, 3.05) is 33.3 Å². The van der Waals surface area contributed by atoms with E-state index in [0.717, 1.165) is 0 Å². The summed E-state index contributed by atoms with van der Waals surface area (Å²) < 4.78 is 10.9. The van der Waals surface area contributed by atoms with Crippen LogP contribution in [0.2, 0.25) is 0 Å². The van der Waals surface area contributed by atoms with E-state index in [-0.39, 0.29) is 35.3 Å². The predicted molar refractivity (Wildman–Crippen MR) is 94.9 cm³/mol. The molecule has 0 saturated carbocycles. The van der Waals surface area contributed by atoms with Gasteiger partial charge in [0, 0.05) is 37.6 Å². The van der Waals surface area contributed by atoms with Crippen molar-refractivity contribution in [1.82, 2.24) is 15.2 Å². The number of hydrogen-bond acceptors (Lipinski definition) is 8. The maximum absolute atomic E-state index is 12.7. The van der Waals surface area contributed by atoms with Gasteiger partial charge in [0.2, 0.25) is 0 Å². The third-order valence-electron chi connectivity index (χ3n) is 3.97. The second-order valence-electron chi connectivity index (χ2n) is 5.59. The maximum Gasteiger partial charge on any atom is 0.286 e.